The maximum absolute atomic E-state index is 13.8. The first kappa shape index (κ1) is 29.1. The van der Waals surface area contributed by atoms with E-state index in [4.69, 9.17) is 9.98 Å². The Morgan fingerprint density at radius 3 is 1.90 bits per heavy atom. The molecule has 0 aliphatic heterocycles. The zero-order valence-corrected chi connectivity index (χ0v) is 24.4. The van der Waals surface area contributed by atoms with E-state index in [-0.39, 0.29) is 7.92 Å². The van der Waals surface area contributed by atoms with E-state index in [9.17, 15) is 13.2 Å². The lowest BCUT2D eigenvalue weighted by Gasteiger charge is -2.25. The predicted octanol–water partition coefficient (Wildman–Crippen LogP) is 8.41. The fourth-order valence-corrected chi connectivity index (χ4v) is 9.41. The molecule has 0 aliphatic carbocycles. The average Bonchev–Trinajstić information content (AvgIpc) is 2.91. The largest absolute Gasteiger partial charge is 0.416 e. The van der Waals surface area contributed by atoms with Crippen molar-refractivity contribution in [1.82, 2.24) is 4.98 Å². The molecular weight excluding hydrogens is 531 g/mol. The normalized spacial score (nSPS) is 12.4. The van der Waals surface area contributed by atoms with Gasteiger partial charge in [-0.15, -0.1) is 0 Å². The topological polar surface area (TPSA) is 25.2 Å². The Kier molecular flexibility index (Phi) is 9.70. The van der Waals surface area contributed by atoms with E-state index in [2.05, 4.69) is 27.7 Å². The Morgan fingerprint density at radius 1 is 0.769 bits per heavy atom. The van der Waals surface area contributed by atoms with Crippen molar-refractivity contribution in [2.75, 3.05) is 0 Å². The number of benzene rings is 3. The van der Waals surface area contributed by atoms with Gasteiger partial charge in [0.1, 0.15) is 0 Å². The van der Waals surface area contributed by atoms with Gasteiger partial charge in [-0.2, -0.15) is 13.2 Å². The number of rotatable bonds is 9. The Balaban J connectivity index is 1.77. The van der Waals surface area contributed by atoms with E-state index in [0.29, 0.717) is 28.0 Å². The minimum atomic E-state index is -4.45. The molecule has 7 heteroatoms. The summed E-state index contributed by atoms with van der Waals surface area (Å²) < 4.78 is 41.5. The molecule has 3 aromatic carbocycles. The predicted molar refractivity (Wildman–Crippen MR) is 163 cm³/mol. The van der Waals surface area contributed by atoms with Crippen LogP contribution in [-0.4, -0.2) is 22.5 Å². The van der Waals surface area contributed by atoms with Gasteiger partial charge in [0.05, 0.1) is 23.2 Å². The fraction of sp³-hybridized carbons (Fsp3) is 0.250. The number of halogens is 3. The lowest BCUT2D eigenvalue weighted by Crippen LogP contribution is -2.22. The standard InChI is InChI=1S/C32H33F3N2P2/c1-23(2)38(24(3)4)22-27-13-11-12-26(37-27)21-36-30-19-18-25(32(33,34)35)20-31(30)39(28-14-7-5-8-15-28)29-16-9-6-10-17-29/h5-21,23-24H,22H2,1-4H3/b36-21+. The first-order chi connectivity index (χ1) is 18.6. The molecule has 0 spiro atoms. The molecule has 0 fully saturated rings. The van der Waals surface area contributed by atoms with Gasteiger partial charge in [-0.1, -0.05) is 102 Å². The van der Waals surface area contributed by atoms with Crippen LogP contribution in [0.4, 0.5) is 18.9 Å². The first-order valence-corrected chi connectivity index (χ1v) is 16.0. The van der Waals surface area contributed by atoms with Gasteiger partial charge < -0.3 is 0 Å². The molecule has 0 atom stereocenters. The van der Waals surface area contributed by atoms with Gasteiger partial charge in [0.15, 0.2) is 0 Å². The van der Waals surface area contributed by atoms with Crippen molar-refractivity contribution in [2.24, 2.45) is 4.99 Å². The summed E-state index contributed by atoms with van der Waals surface area (Å²) >= 11 is 0. The molecule has 0 N–H and O–H groups in total. The van der Waals surface area contributed by atoms with Gasteiger partial charge in [0.25, 0.3) is 0 Å². The fourth-order valence-electron chi connectivity index (χ4n) is 4.51. The highest BCUT2D eigenvalue weighted by atomic mass is 31.1. The van der Waals surface area contributed by atoms with E-state index in [0.717, 1.165) is 28.5 Å². The molecule has 2 nitrogen and oxygen atoms in total. The number of aromatic nitrogens is 1. The smallest absolute Gasteiger partial charge is 0.254 e. The van der Waals surface area contributed by atoms with Crippen molar-refractivity contribution in [3.05, 3.63) is 114 Å². The molecule has 1 heterocycles. The third-order valence-electron chi connectivity index (χ3n) is 6.41. The first-order valence-electron chi connectivity index (χ1n) is 13.0. The van der Waals surface area contributed by atoms with Crippen LogP contribution >= 0.6 is 15.8 Å². The summed E-state index contributed by atoms with van der Waals surface area (Å²) in [5.74, 6) is 0. The molecule has 0 radical (unpaired) electrons. The Hall–Kier alpha value is -2.87. The maximum atomic E-state index is 13.8. The van der Waals surface area contributed by atoms with Crippen LogP contribution in [0.1, 0.15) is 44.6 Å². The molecule has 0 unspecified atom stereocenters. The summed E-state index contributed by atoms with van der Waals surface area (Å²) in [6, 6.07) is 29.2. The highest BCUT2D eigenvalue weighted by Gasteiger charge is 2.32. The third-order valence-corrected chi connectivity index (χ3v) is 12.2. The SMILES string of the molecule is CC(C)P(Cc1cccc(/C=N/c2ccc(C(F)(F)F)cc2P(c2ccccc2)c2ccccc2)n1)C(C)C. The van der Waals surface area contributed by atoms with Gasteiger partial charge in [0.2, 0.25) is 0 Å². The van der Waals surface area contributed by atoms with Crippen LogP contribution in [0.2, 0.25) is 0 Å². The molecule has 0 saturated heterocycles. The van der Waals surface area contributed by atoms with Crippen LogP contribution in [0.3, 0.4) is 0 Å². The van der Waals surface area contributed by atoms with Gasteiger partial charge in [0, 0.05) is 17.2 Å². The summed E-state index contributed by atoms with van der Waals surface area (Å²) in [6.07, 6.45) is -1.84. The number of hydrogen-bond acceptors (Lipinski definition) is 2. The lowest BCUT2D eigenvalue weighted by atomic mass is 10.2. The van der Waals surface area contributed by atoms with Gasteiger partial charge in [-0.05, 0) is 60.2 Å². The van der Waals surface area contributed by atoms with E-state index in [1.54, 1.807) is 6.21 Å². The quantitative estimate of drug-likeness (QED) is 0.148. The second-order valence-corrected chi connectivity index (χ2v) is 15.5. The van der Waals surface area contributed by atoms with Gasteiger partial charge in [-0.25, -0.2) is 0 Å². The van der Waals surface area contributed by atoms with Crippen molar-refractivity contribution in [1.29, 1.82) is 0 Å². The van der Waals surface area contributed by atoms with Crippen molar-refractivity contribution in [2.45, 2.75) is 51.4 Å². The van der Waals surface area contributed by atoms with Crippen LogP contribution in [0, 0.1) is 0 Å². The highest BCUT2D eigenvalue weighted by molar-refractivity contribution is 7.80. The number of hydrogen-bond donors (Lipinski definition) is 0. The number of alkyl halides is 3. The molecule has 0 aliphatic rings. The molecular formula is C32H33F3N2P2. The Bertz CT molecular complexity index is 1340. The van der Waals surface area contributed by atoms with Crippen LogP contribution in [0.5, 0.6) is 0 Å². The molecule has 0 amide bonds. The van der Waals surface area contributed by atoms with Crippen LogP contribution in [0.15, 0.2) is 102 Å². The minimum Gasteiger partial charge on any atom is -0.254 e. The van der Waals surface area contributed by atoms with Crippen molar-refractivity contribution in [3.63, 3.8) is 0 Å². The number of nitrogens with zero attached hydrogens (tertiary/aromatic N) is 2. The third kappa shape index (κ3) is 7.62. The van der Waals surface area contributed by atoms with Crippen LogP contribution in [0.25, 0.3) is 0 Å². The number of pyridine rings is 1. The van der Waals surface area contributed by atoms with Crippen LogP contribution in [-0.2, 0) is 12.3 Å². The Morgan fingerprint density at radius 2 is 1.36 bits per heavy atom. The lowest BCUT2D eigenvalue weighted by molar-refractivity contribution is -0.137. The summed E-state index contributed by atoms with van der Waals surface area (Å²) in [6.45, 7) is 9.06. The zero-order chi connectivity index (χ0) is 28.0. The monoisotopic (exact) mass is 564 g/mol. The molecule has 39 heavy (non-hydrogen) atoms. The molecule has 202 valence electrons. The van der Waals surface area contributed by atoms with E-state index < -0.39 is 19.7 Å². The highest BCUT2D eigenvalue weighted by Crippen LogP contribution is 2.48. The Labute approximate surface area is 231 Å². The molecule has 4 rings (SSSR count). The molecule has 0 bridgehead atoms. The molecule has 4 aromatic rings. The minimum absolute atomic E-state index is 0.212. The van der Waals surface area contributed by atoms with Crippen molar-refractivity contribution >= 4 is 43.7 Å². The zero-order valence-electron chi connectivity index (χ0n) is 22.6. The number of aliphatic imine (C=N–C) groups is 1. The maximum Gasteiger partial charge on any atom is 0.416 e. The van der Waals surface area contributed by atoms with Crippen molar-refractivity contribution < 1.29 is 13.2 Å². The van der Waals surface area contributed by atoms with Gasteiger partial charge >= 0.3 is 6.18 Å². The summed E-state index contributed by atoms with van der Waals surface area (Å²) in [5.41, 5.74) is 2.76. The summed E-state index contributed by atoms with van der Waals surface area (Å²) in [5, 5.41) is 2.49. The van der Waals surface area contributed by atoms with Gasteiger partial charge in [-0.3, -0.25) is 9.98 Å². The second kappa shape index (κ2) is 13.0. The van der Waals surface area contributed by atoms with Crippen LogP contribution < -0.4 is 15.9 Å². The van der Waals surface area contributed by atoms with Crippen molar-refractivity contribution in [3.8, 4) is 0 Å². The average molecular weight is 565 g/mol. The molecule has 1 aromatic heterocycles. The second-order valence-electron chi connectivity index (χ2n) is 9.88. The summed E-state index contributed by atoms with van der Waals surface area (Å²) in [7, 11) is -1.49. The van der Waals surface area contributed by atoms with E-state index in [1.807, 2.05) is 78.9 Å². The van der Waals surface area contributed by atoms with E-state index >= 15 is 0 Å². The molecule has 0 saturated carbocycles. The summed E-state index contributed by atoms with van der Waals surface area (Å²) in [4.78, 5) is 9.56. The van der Waals surface area contributed by atoms with E-state index in [1.165, 1.54) is 12.1 Å².